The summed E-state index contributed by atoms with van der Waals surface area (Å²) >= 11 is 0. The highest BCUT2D eigenvalue weighted by Gasteiger charge is 2.57. The Hall–Kier alpha value is -4.56. The largest absolute Gasteiger partial charge is 0.393 e. The Morgan fingerprint density at radius 3 is 2.33 bits per heavy atom. The van der Waals surface area contributed by atoms with Gasteiger partial charge >= 0.3 is 6.03 Å². The number of benzene rings is 4. The van der Waals surface area contributed by atoms with Crippen molar-refractivity contribution in [3.05, 3.63) is 143 Å². The van der Waals surface area contributed by atoms with Gasteiger partial charge in [0.2, 0.25) is 0 Å². The molecule has 0 spiro atoms. The monoisotopic (exact) mass is 742 g/mol. The second-order valence-corrected chi connectivity index (χ2v) is 16.1. The van der Waals surface area contributed by atoms with Crippen LogP contribution < -0.4 is 5.32 Å². The number of carbonyl (C=O) groups excluding carboxylic acids is 2. The van der Waals surface area contributed by atoms with Gasteiger partial charge in [0.25, 0.3) is 0 Å². The first-order valence-electron chi connectivity index (χ1n) is 20.0. The van der Waals surface area contributed by atoms with Gasteiger partial charge in [-0.05, 0) is 105 Å². The molecule has 3 N–H and O–H groups in total. The number of hydrogen-bond donors (Lipinski definition) is 3. The van der Waals surface area contributed by atoms with E-state index in [2.05, 4.69) is 49.5 Å². The van der Waals surface area contributed by atoms with Crippen LogP contribution in [0.2, 0.25) is 0 Å². The van der Waals surface area contributed by atoms with Crippen molar-refractivity contribution in [2.24, 2.45) is 5.41 Å². The lowest BCUT2D eigenvalue weighted by Crippen LogP contribution is -2.55. The third kappa shape index (κ3) is 9.29. The molecule has 4 aromatic carbocycles. The summed E-state index contributed by atoms with van der Waals surface area (Å²) in [5.41, 5.74) is 5.50. The van der Waals surface area contributed by atoms with E-state index in [1.165, 1.54) is 5.57 Å². The van der Waals surface area contributed by atoms with Crippen molar-refractivity contribution < 1.29 is 24.5 Å². The third-order valence-corrected chi connectivity index (χ3v) is 12.3. The molecule has 55 heavy (non-hydrogen) atoms. The number of ether oxygens (including phenoxy) is 1. The number of methoxy groups -OCH3 is 1. The summed E-state index contributed by atoms with van der Waals surface area (Å²) in [5, 5.41) is 27.3. The topological polar surface area (TPSA) is 99.1 Å². The number of nitrogens with one attached hydrogen (secondary N) is 1. The molecule has 0 aromatic heterocycles. The highest BCUT2D eigenvalue weighted by atomic mass is 16.5. The molecular weight excluding hydrogens is 685 g/mol. The van der Waals surface area contributed by atoms with E-state index in [0.29, 0.717) is 62.8 Å². The van der Waals surface area contributed by atoms with Gasteiger partial charge in [-0.15, -0.1) is 0 Å². The quantitative estimate of drug-likeness (QED) is 0.0808. The van der Waals surface area contributed by atoms with Crippen LogP contribution in [-0.4, -0.2) is 65.4 Å². The number of ketones is 1. The highest BCUT2D eigenvalue weighted by Crippen LogP contribution is 2.59. The Morgan fingerprint density at radius 2 is 1.62 bits per heavy atom. The van der Waals surface area contributed by atoms with Crippen LogP contribution in [0.25, 0.3) is 11.1 Å². The summed E-state index contributed by atoms with van der Waals surface area (Å²) < 4.78 is 5.38. The summed E-state index contributed by atoms with van der Waals surface area (Å²) in [6, 6.07) is 33.5. The van der Waals surface area contributed by atoms with Crippen molar-refractivity contribution in [3.8, 4) is 11.1 Å². The van der Waals surface area contributed by atoms with Gasteiger partial charge < -0.3 is 25.2 Å². The molecule has 2 bridgehead atoms. The lowest BCUT2D eigenvalue weighted by Gasteiger charge is -2.46. The van der Waals surface area contributed by atoms with Gasteiger partial charge in [-0.3, -0.25) is 4.79 Å². The number of aliphatic hydroxyl groups excluding tert-OH is 1. The standard InChI is InChI=1S/C48H58N2O5/c1-34-13-11-27-47(3)44(26-28-48(47,54)33-50(29-12-30-55-4)46(53)49-35(2)37-14-7-5-8-15-37)42-25-19-36(31-41(51)24-18-34)32-43(42)45(52)40-22-20-39(21-23-40)38-16-9-6-10-17-38/h5-10,13-17,19-23,25,32,35,41,44,51,54H,11-12,18,24,26-31,33H2,1-4H3,(H,49,53)/t35-,41+,44+,47+,48-/m1/s1. The number of allylic oxidation sites excluding steroid dienone is 2. The summed E-state index contributed by atoms with van der Waals surface area (Å²) in [4.78, 5) is 30.5. The van der Waals surface area contributed by atoms with E-state index in [9.17, 15) is 19.8 Å². The van der Waals surface area contributed by atoms with Crippen molar-refractivity contribution in [2.45, 2.75) is 95.8 Å². The summed E-state index contributed by atoms with van der Waals surface area (Å²) in [6.07, 6.45) is 6.78. The van der Waals surface area contributed by atoms with E-state index in [1.807, 2.05) is 85.8 Å². The first kappa shape index (κ1) is 40.1. The maximum Gasteiger partial charge on any atom is 0.317 e. The van der Waals surface area contributed by atoms with Gasteiger partial charge in [-0.25, -0.2) is 4.79 Å². The van der Waals surface area contributed by atoms with Crippen LogP contribution in [0.1, 0.15) is 110 Å². The van der Waals surface area contributed by atoms with Gasteiger partial charge in [0, 0.05) is 36.8 Å². The van der Waals surface area contributed by atoms with E-state index in [0.717, 1.165) is 40.7 Å². The van der Waals surface area contributed by atoms with Crippen LogP contribution in [0.3, 0.4) is 0 Å². The normalized spacial score (nSPS) is 23.3. The average molecular weight is 743 g/mol. The number of nitrogens with zero attached hydrogens (tertiary/aromatic N) is 1. The molecular formula is C48H58N2O5. The fourth-order valence-electron chi connectivity index (χ4n) is 8.87. The molecule has 7 heteroatoms. The molecule has 2 amide bonds. The smallest absolute Gasteiger partial charge is 0.317 e. The van der Waals surface area contributed by atoms with Crippen molar-refractivity contribution in [2.75, 3.05) is 26.8 Å². The van der Waals surface area contributed by atoms with Gasteiger partial charge in [-0.1, -0.05) is 116 Å². The Kier molecular flexibility index (Phi) is 13.1. The zero-order chi connectivity index (χ0) is 39.0. The number of aliphatic hydroxyl groups is 2. The summed E-state index contributed by atoms with van der Waals surface area (Å²) in [6.45, 7) is 7.35. The molecule has 5 atom stereocenters. The van der Waals surface area contributed by atoms with Crippen LogP contribution in [-0.2, 0) is 11.2 Å². The lowest BCUT2D eigenvalue weighted by atomic mass is 9.64. The minimum atomic E-state index is -1.23. The number of carbonyl (C=O) groups is 2. The van der Waals surface area contributed by atoms with Crippen LogP contribution >= 0.6 is 0 Å². The first-order chi connectivity index (χ1) is 26.5. The summed E-state index contributed by atoms with van der Waals surface area (Å²) in [7, 11) is 1.66. The predicted octanol–water partition coefficient (Wildman–Crippen LogP) is 9.43. The molecule has 3 aliphatic carbocycles. The molecule has 290 valence electrons. The molecule has 7 nitrogen and oxygen atoms in total. The van der Waals surface area contributed by atoms with E-state index < -0.39 is 17.1 Å². The third-order valence-electron chi connectivity index (χ3n) is 12.3. The molecule has 3 aliphatic rings. The Morgan fingerprint density at radius 1 is 0.927 bits per heavy atom. The fourth-order valence-corrected chi connectivity index (χ4v) is 8.87. The van der Waals surface area contributed by atoms with Crippen LogP contribution in [0.15, 0.2) is 115 Å². The number of urea groups is 1. The van der Waals surface area contributed by atoms with E-state index >= 15 is 0 Å². The van der Waals surface area contributed by atoms with E-state index in [-0.39, 0.29) is 30.3 Å². The van der Waals surface area contributed by atoms with Gasteiger partial charge in [0.1, 0.15) is 0 Å². The number of rotatable bonds is 11. The fraction of sp³-hybridized carbons (Fsp3) is 0.417. The zero-order valence-corrected chi connectivity index (χ0v) is 33.0. The molecule has 7 rings (SSSR count). The molecule has 1 saturated carbocycles. The van der Waals surface area contributed by atoms with Crippen LogP contribution in [0.4, 0.5) is 4.79 Å². The van der Waals surface area contributed by atoms with Crippen molar-refractivity contribution in [1.82, 2.24) is 10.2 Å². The highest BCUT2D eigenvalue weighted by molar-refractivity contribution is 6.10. The number of fused-ring (bicyclic) bond motifs is 8. The Bertz CT molecular complexity index is 1930. The van der Waals surface area contributed by atoms with Gasteiger partial charge in [0.15, 0.2) is 5.78 Å². The van der Waals surface area contributed by atoms with Crippen molar-refractivity contribution in [1.29, 1.82) is 0 Å². The molecule has 0 unspecified atom stereocenters. The second kappa shape index (κ2) is 17.9. The minimum absolute atomic E-state index is 0.0676. The summed E-state index contributed by atoms with van der Waals surface area (Å²) in [5.74, 6) is -0.218. The lowest BCUT2D eigenvalue weighted by molar-refractivity contribution is -0.0775. The molecule has 4 aromatic rings. The molecule has 1 fully saturated rings. The second-order valence-electron chi connectivity index (χ2n) is 16.1. The zero-order valence-electron chi connectivity index (χ0n) is 33.0. The van der Waals surface area contributed by atoms with Crippen molar-refractivity contribution in [3.63, 3.8) is 0 Å². The number of amides is 2. The Balaban J connectivity index is 1.37. The SMILES string of the molecule is COCCCN(C[C@]1(O)CC[C@H]2c3ccc(cc3C(=O)c3ccc(-c4ccccc4)cc3)C[C@@H](O)CCC(C)=CCC[C@@]21C)C(=O)N[C@H](C)c1ccccc1. The van der Waals surface area contributed by atoms with Gasteiger partial charge in [-0.2, -0.15) is 0 Å². The molecule has 0 aliphatic heterocycles. The number of hydrogen-bond acceptors (Lipinski definition) is 5. The molecule has 0 heterocycles. The maximum absolute atomic E-state index is 14.6. The molecule has 0 radical (unpaired) electrons. The first-order valence-corrected chi connectivity index (χ1v) is 20.0. The Labute approximate surface area is 327 Å². The van der Waals surface area contributed by atoms with E-state index in [1.54, 1.807) is 12.0 Å². The van der Waals surface area contributed by atoms with Gasteiger partial charge in [0.05, 0.1) is 24.3 Å². The average Bonchev–Trinajstić information content (AvgIpc) is 3.45. The maximum atomic E-state index is 14.6. The van der Waals surface area contributed by atoms with E-state index in [4.69, 9.17) is 4.74 Å². The molecule has 0 saturated heterocycles. The minimum Gasteiger partial charge on any atom is -0.393 e. The van der Waals surface area contributed by atoms with Crippen LogP contribution in [0, 0.1) is 5.41 Å². The van der Waals surface area contributed by atoms with Crippen molar-refractivity contribution >= 4 is 11.8 Å². The predicted molar refractivity (Wildman–Crippen MR) is 220 cm³/mol. The van der Waals surface area contributed by atoms with Crippen LogP contribution in [0.5, 0.6) is 0 Å².